The molecule has 1 aliphatic carbocycles. The Bertz CT molecular complexity index is 517. The molecular formula is C17H26N2O2S. The van der Waals surface area contributed by atoms with Crippen LogP contribution in [0.2, 0.25) is 0 Å². The zero-order chi connectivity index (χ0) is 15.0. The average Bonchev–Trinajstić information content (AvgIpc) is 3.15. The van der Waals surface area contributed by atoms with Gasteiger partial charge in [0.2, 0.25) is 0 Å². The highest BCUT2D eigenvalue weighted by Crippen LogP contribution is 2.37. The summed E-state index contributed by atoms with van der Waals surface area (Å²) in [5.41, 5.74) is 3.19. The fraction of sp³-hybridized carbons (Fsp3) is 0.824. The van der Waals surface area contributed by atoms with Crippen LogP contribution in [0.5, 0.6) is 0 Å². The molecule has 22 heavy (non-hydrogen) atoms. The Hall–Kier alpha value is -0.490. The number of ether oxygens (including phenoxy) is 2. The van der Waals surface area contributed by atoms with Crippen LogP contribution in [0.1, 0.15) is 42.7 Å². The van der Waals surface area contributed by atoms with Gasteiger partial charge in [0.25, 0.3) is 0 Å². The van der Waals surface area contributed by atoms with Crippen molar-refractivity contribution in [1.29, 1.82) is 0 Å². The number of thiazole rings is 1. The lowest BCUT2D eigenvalue weighted by atomic mass is 9.89. The summed E-state index contributed by atoms with van der Waals surface area (Å²) in [6.07, 6.45) is 6.55. The predicted molar refractivity (Wildman–Crippen MR) is 87.1 cm³/mol. The van der Waals surface area contributed by atoms with E-state index in [1.54, 1.807) is 11.3 Å². The molecule has 0 unspecified atom stereocenters. The molecular weight excluding hydrogens is 296 g/mol. The second-order valence-electron chi connectivity index (χ2n) is 7.27. The summed E-state index contributed by atoms with van der Waals surface area (Å²) in [6, 6.07) is 0. The van der Waals surface area contributed by atoms with Gasteiger partial charge in [-0.1, -0.05) is 0 Å². The summed E-state index contributed by atoms with van der Waals surface area (Å²) >= 11 is 1.77. The van der Waals surface area contributed by atoms with E-state index in [4.69, 9.17) is 9.47 Å². The third-order valence-electron chi connectivity index (χ3n) is 5.27. The Kier molecular flexibility index (Phi) is 4.24. The molecule has 0 radical (unpaired) electrons. The molecule has 1 saturated carbocycles. The van der Waals surface area contributed by atoms with Crippen LogP contribution in [0.3, 0.4) is 0 Å². The largest absolute Gasteiger partial charge is 0.375 e. The van der Waals surface area contributed by atoms with Crippen LogP contribution < -0.4 is 0 Å². The molecule has 0 amide bonds. The summed E-state index contributed by atoms with van der Waals surface area (Å²) in [5, 5.41) is 0. The van der Waals surface area contributed by atoms with Crippen LogP contribution >= 0.6 is 11.3 Å². The van der Waals surface area contributed by atoms with Crippen LogP contribution in [0, 0.1) is 12.8 Å². The molecule has 2 aliphatic heterocycles. The van der Waals surface area contributed by atoms with Gasteiger partial charge in [0.15, 0.2) is 0 Å². The number of rotatable bonds is 5. The highest BCUT2D eigenvalue weighted by Gasteiger charge is 2.44. The van der Waals surface area contributed by atoms with Gasteiger partial charge in [0, 0.05) is 31.0 Å². The number of hydrogen-bond acceptors (Lipinski definition) is 5. The number of nitrogens with zero attached hydrogens (tertiary/aromatic N) is 2. The van der Waals surface area contributed by atoms with Gasteiger partial charge in [-0.05, 0) is 45.1 Å². The third-order valence-corrected chi connectivity index (χ3v) is 6.19. The van der Waals surface area contributed by atoms with Gasteiger partial charge < -0.3 is 9.47 Å². The van der Waals surface area contributed by atoms with E-state index < -0.39 is 0 Å². The van der Waals surface area contributed by atoms with E-state index in [0.29, 0.717) is 6.10 Å². The number of piperidine rings is 1. The molecule has 4 rings (SSSR count). The second kappa shape index (κ2) is 6.19. The molecule has 2 atom stereocenters. The smallest absolute Gasteiger partial charge is 0.0836 e. The van der Waals surface area contributed by atoms with Crippen molar-refractivity contribution in [3.05, 3.63) is 16.1 Å². The van der Waals surface area contributed by atoms with Crippen molar-refractivity contribution in [2.24, 2.45) is 5.92 Å². The number of likely N-dealkylation sites (tertiary alicyclic amines) is 1. The molecule has 3 fully saturated rings. The van der Waals surface area contributed by atoms with E-state index in [0.717, 1.165) is 38.6 Å². The number of aryl methyl sites for hydroxylation is 1. The monoisotopic (exact) mass is 322 g/mol. The third kappa shape index (κ3) is 3.37. The van der Waals surface area contributed by atoms with Crippen molar-refractivity contribution >= 4 is 11.3 Å². The van der Waals surface area contributed by atoms with E-state index in [1.807, 2.05) is 5.51 Å². The van der Waals surface area contributed by atoms with Gasteiger partial charge >= 0.3 is 0 Å². The average molecular weight is 322 g/mol. The van der Waals surface area contributed by atoms with Crippen LogP contribution in [0.25, 0.3) is 0 Å². The summed E-state index contributed by atoms with van der Waals surface area (Å²) in [5.74, 6) is 0.841. The van der Waals surface area contributed by atoms with Crippen LogP contribution in [0.15, 0.2) is 5.51 Å². The van der Waals surface area contributed by atoms with Crippen molar-refractivity contribution in [3.8, 4) is 0 Å². The standard InChI is InChI=1S/C17H26N2O2S/c1-13-16(22-12-18-13)8-19-6-2-5-17(11-19)7-15(10-21-17)20-9-14-3-4-14/h12,14-15H,2-11H2,1H3/t15-,17+/m1/s1. The van der Waals surface area contributed by atoms with E-state index in [1.165, 1.54) is 42.8 Å². The molecule has 122 valence electrons. The lowest BCUT2D eigenvalue weighted by Gasteiger charge is -2.39. The quantitative estimate of drug-likeness (QED) is 0.835. The summed E-state index contributed by atoms with van der Waals surface area (Å²) in [6.45, 7) is 7.10. The molecule has 0 aromatic carbocycles. The molecule has 4 nitrogen and oxygen atoms in total. The van der Waals surface area contributed by atoms with Crippen LogP contribution in [0.4, 0.5) is 0 Å². The van der Waals surface area contributed by atoms with Gasteiger partial charge in [0.05, 0.1) is 29.5 Å². The fourth-order valence-corrected chi connectivity index (χ4v) is 4.58. The molecule has 0 N–H and O–H groups in total. The normalized spacial score (nSPS) is 32.9. The molecule has 1 aromatic heterocycles. The SMILES string of the molecule is Cc1ncsc1CN1CCC[C@]2(C[C@@H](OCC3CC3)CO2)C1. The molecule has 0 bridgehead atoms. The van der Waals surface area contributed by atoms with Gasteiger partial charge in [-0.25, -0.2) is 4.98 Å². The summed E-state index contributed by atoms with van der Waals surface area (Å²) in [4.78, 5) is 8.32. The second-order valence-corrected chi connectivity index (χ2v) is 8.21. The van der Waals surface area contributed by atoms with Crippen molar-refractivity contribution in [2.45, 2.75) is 57.3 Å². The molecule has 2 saturated heterocycles. The number of hydrogen-bond donors (Lipinski definition) is 0. The predicted octanol–water partition coefficient (Wildman–Crippen LogP) is 3.00. The van der Waals surface area contributed by atoms with Gasteiger partial charge in [0.1, 0.15) is 0 Å². The van der Waals surface area contributed by atoms with Crippen LogP contribution in [-0.4, -0.2) is 47.9 Å². The molecule has 5 heteroatoms. The molecule has 1 aromatic rings. The van der Waals surface area contributed by atoms with Crippen molar-refractivity contribution in [2.75, 3.05) is 26.3 Å². The first-order valence-corrected chi connectivity index (χ1v) is 9.47. The Labute approximate surface area is 136 Å². The molecule has 3 aliphatic rings. The Balaban J connectivity index is 1.33. The zero-order valence-electron chi connectivity index (χ0n) is 13.4. The summed E-state index contributed by atoms with van der Waals surface area (Å²) < 4.78 is 12.3. The minimum atomic E-state index is 0.0467. The lowest BCUT2D eigenvalue weighted by molar-refractivity contribution is -0.0545. The van der Waals surface area contributed by atoms with Crippen LogP contribution in [-0.2, 0) is 16.0 Å². The first-order chi connectivity index (χ1) is 10.7. The fourth-order valence-electron chi connectivity index (χ4n) is 3.76. The topological polar surface area (TPSA) is 34.6 Å². The molecule has 1 spiro atoms. The van der Waals surface area contributed by atoms with E-state index in [2.05, 4.69) is 16.8 Å². The highest BCUT2D eigenvalue weighted by molar-refractivity contribution is 7.09. The minimum Gasteiger partial charge on any atom is -0.375 e. The Morgan fingerprint density at radius 2 is 2.41 bits per heavy atom. The summed E-state index contributed by atoms with van der Waals surface area (Å²) in [7, 11) is 0. The van der Waals surface area contributed by atoms with Crippen molar-refractivity contribution < 1.29 is 9.47 Å². The maximum absolute atomic E-state index is 6.25. The zero-order valence-corrected chi connectivity index (χ0v) is 14.2. The van der Waals surface area contributed by atoms with Gasteiger partial charge in [-0.3, -0.25) is 4.90 Å². The van der Waals surface area contributed by atoms with Crippen molar-refractivity contribution in [1.82, 2.24) is 9.88 Å². The lowest BCUT2D eigenvalue weighted by Crippen LogP contribution is -2.47. The van der Waals surface area contributed by atoms with E-state index in [-0.39, 0.29) is 5.60 Å². The van der Waals surface area contributed by atoms with Gasteiger partial charge in [-0.15, -0.1) is 11.3 Å². The maximum atomic E-state index is 6.25. The van der Waals surface area contributed by atoms with Crippen molar-refractivity contribution in [3.63, 3.8) is 0 Å². The first-order valence-electron chi connectivity index (χ1n) is 8.59. The Morgan fingerprint density at radius 3 is 3.18 bits per heavy atom. The molecule has 3 heterocycles. The van der Waals surface area contributed by atoms with Gasteiger partial charge in [-0.2, -0.15) is 0 Å². The maximum Gasteiger partial charge on any atom is 0.0836 e. The minimum absolute atomic E-state index is 0.0467. The van der Waals surface area contributed by atoms with E-state index >= 15 is 0 Å². The first kappa shape index (κ1) is 15.1. The Morgan fingerprint density at radius 1 is 1.50 bits per heavy atom. The number of aromatic nitrogens is 1. The van der Waals surface area contributed by atoms with E-state index in [9.17, 15) is 0 Å². The highest BCUT2D eigenvalue weighted by atomic mass is 32.1.